The predicted molar refractivity (Wildman–Crippen MR) is 95.9 cm³/mol. The summed E-state index contributed by atoms with van der Waals surface area (Å²) < 4.78 is 0. The van der Waals surface area contributed by atoms with Gasteiger partial charge in [0.2, 0.25) is 5.91 Å². The van der Waals surface area contributed by atoms with Crippen LogP contribution in [0.5, 0.6) is 0 Å². The number of nitrogens with zero attached hydrogens (tertiary/aromatic N) is 2. The molecule has 0 bridgehead atoms. The van der Waals surface area contributed by atoms with Crippen LogP contribution in [0.4, 0.5) is 4.79 Å². The molecule has 0 radical (unpaired) electrons. The largest absolute Gasteiger partial charge is 0.350 e. The number of nitrogens with one attached hydrogen (secondary N) is 2. The number of aromatic nitrogens is 1. The molecule has 26 heavy (non-hydrogen) atoms. The van der Waals surface area contributed by atoms with E-state index in [1.54, 1.807) is 24.5 Å². The fraction of sp³-hybridized carbons (Fsp3) is 0.579. The van der Waals surface area contributed by atoms with E-state index in [0.717, 1.165) is 16.9 Å². The second-order valence-electron chi connectivity index (χ2n) is 8.39. The molecular weight excluding hydrogens is 332 g/mol. The van der Waals surface area contributed by atoms with Crippen molar-refractivity contribution in [3.05, 3.63) is 30.1 Å². The molecule has 0 unspecified atom stereocenters. The molecule has 2 heterocycles. The van der Waals surface area contributed by atoms with Gasteiger partial charge in [-0.1, -0.05) is 20.8 Å². The molecule has 140 valence electrons. The van der Waals surface area contributed by atoms with E-state index in [2.05, 4.69) is 36.4 Å². The zero-order chi connectivity index (χ0) is 18.9. The van der Waals surface area contributed by atoms with Gasteiger partial charge in [-0.15, -0.1) is 0 Å². The highest BCUT2D eigenvalue weighted by molar-refractivity contribution is 6.09. The van der Waals surface area contributed by atoms with E-state index in [-0.39, 0.29) is 23.8 Å². The van der Waals surface area contributed by atoms with Crippen molar-refractivity contribution in [2.24, 2.45) is 11.3 Å². The van der Waals surface area contributed by atoms with Crippen LogP contribution in [0.15, 0.2) is 24.5 Å². The molecule has 1 aliphatic carbocycles. The van der Waals surface area contributed by atoms with E-state index >= 15 is 0 Å². The maximum absolute atomic E-state index is 13.0. The van der Waals surface area contributed by atoms with Gasteiger partial charge in [-0.2, -0.15) is 0 Å². The number of hydrogen-bond donors (Lipinski definition) is 2. The van der Waals surface area contributed by atoms with Crippen LogP contribution in [-0.4, -0.2) is 39.8 Å². The minimum atomic E-state index is -0.871. The van der Waals surface area contributed by atoms with Crippen molar-refractivity contribution in [2.45, 2.75) is 52.1 Å². The maximum Gasteiger partial charge on any atom is 0.325 e. The first-order valence-electron chi connectivity index (χ1n) is 9.00. The Bertz CT molecular complexity index is 719. The number of amides is 4. The zero-order valence-corrected chi connectivity index (χ0v) is 15.5. The molecule has 1 aromatic heterocycles. The van der Waals surface area contributed by atoms with E-state index < -0.39 is 11.6 Å². The van der Waals surface area contributed by atoms with Crippen LogP contribution in [0, 0.1) is 11.3 Å². The standard InChI is InChI=1S/C19H26N4O3/c1-13-8-18(2,3)12-19(9-13)16(25)23(17(26)22-19)11-15(24)21-10-14-4-6-20-7-5-14/h4-7,13H,8-12H2,1-3H3,(H,21,24)(H,22,26)/t13-,19+/m1/s1. The molecule has 1 aromatic rings. The van der Waals surface area contributed by atoms with Crippen LogP contribution in [0.3, 0.4) is 0 Å². The van der Waals surface area contributed by atoms with Gasteiger partial charge in [0, 0.05) is 18.9 Å². The number of carbonyl (C=O) groups excluding carboxylic acids is 3. The molecule has 0 aromatic carbocycles. The number of rotatable bonds is 4. The molecule has 1 saturated heterocycles. The third kappa shape index (κ3) is 3.71. The molecule has 2 N–H and O–H groups in total. The van der Waals surface area contributed by atoms with Crippen molar-refractivity contribution in [3.63, 3.8) is 0 Å². The number of imide groups is 1. The average Bonchev–Trinajstić information content (AvgIpc) is 2.75. The van der Waals surface area contributed by atoms with Crippen molar-refractivity contribution in [1.82, 2.24) is 20.5 Å². The lowest BCUT2D eigenvalue weighted by Crippen LogP contribution is -2.54. The molecule has 2 aliphatic rings. The number of pyridine rings is 1. The van der Waals surface area contributed by atoms with E-state index in [9.17, 15) is 14.4 Å². The molecule has 2 atom stereocenters. The molecule has 2 fully saturated rings. The molecule has 7 nitrogen and oxygen atoms in total. The Morgan fingerprint density at radius 2 is 2.00 bits per heavy atom. The molecule has 7 heteroatoms. The molecule has 4 amide bonds. The lowest BCUT2D eigenvalue weighted by molar-refractivity contribution is -0.137. The SMILES string of the molecule is C[C@@H]1CC(C)(C)C[C@]2(C1)NC(=O)N(CC(=O)NCc1ccncc1)C2=O. The average molecular weight is 358 g/mol. The minimum Gasteiger partial charge on any atom is -0.350 e. The van der Waals surface area contributed by atoms with Gasteiger partial charge >= 0.3 is 6.03 Å². The highest BCUT2D eigenvalue weighted by Crippen LogP contribution is 2.46. The quantitative estimate of drug-likeness (QED) is 0.804. The minimum absolute atomic E-state index is 0.0276. The first-order valence-corrected chi connectivity index (χ1v) is 9.00. The van der Waals surface area contributed by atoms with Crippen LogP contribution < -0.4 is 10.6 Å². The molecule has 1 spiro atoms. The van der Waals surface area contributed by atoms with Gasteiger partial charge < -0.3 is 10.6 Å². The van der Waals surface area contributed by atoms with Crippen LogP contribution in [0.25, 0.3) is 0 Å². The van der Waals surface area contributed by atoms with Crippen molar-refractivity contribution >= 4 is 17.8 Å². The van der Waals surface area contributed by atoms with Crippen molar-refractivity contribution in [3.8, 4) is 0 Å². The van der Waals surface area contributed by atoms with Gasteiger partial charge in [0.05, 0.1) is 0 Å². The first-order chi connectivity index (χ1) is 12.2. The second kappa shape index (κ2) is 6.70. The summed E-state index contributed by atoms with van der Waals surface area (Å²) in [5, 5.41) is 5.63. The topological polar surface area (TPSA) is 91.4 Å². The van der Waals surface area contributed by atoms with Gasteiger partial charge in [-0.3, -0.25) is 19.5 Å². The van der Waals surface area contributed by atoms with Crippen LogP contribution >= 0.6 is 0 Å². The summed E-state index contributed by atoms with van der Waals surface area (Å²) in [6.45, 7) is 6.42. The highest BCUT2D eigenvalue weighted by atomic mass is 16.2. The molecule has 1 saturated carbocycles. The number of hydrogen-bond acceptors (Lipinski definition) is 4. The third-order valence-corrected chi connectivity index (χ3v) is 5.16. The van der Waals surface area contributed by atoms with Gasteiger partial charge in [-0.05, 0) is 48.3 Å². The van der Waals surface area contributed by atoms with Crippen LogP contribution in [0.2, 0.25) is 0 Å². The molecule has 1 aliphatic heterocycles. The Morgan fingerprint density at radius 1 is 1.31 bits per heavy atom. The Hall–Kier alpha value is -2.44. The van der Waals surface area contributed by atoms with Crippen molar-refractivity contribution in [1.29, 1.82) is 0 Å². The lowest BCUT2D eigenvalue weighted by Gasteiger charge is -2.43. The van der Waals surface area contributed by atoms with E-state index in [1.807, 2.05) is 0 Å². The van der Waals surface area contributed by atoms with Crippen LogP contribution in [-0.2, 0) is 16.1 Å². The summed E-state index contributed by atoms with van der Waals surface area (Å²) in [4.78, 5) is 42.6. The van der Waals surface area contributed by atoms with Crippen molar-refractivity contribution < 1.29 is 14.4 Å². The Labute approximate surface area is 153 Å². The summed E-state index contributed by atoms with van der Waals surface area (Å²) in [6, 6.07) is 3.13. The smallest absolute Gasteiger partial charge is 0.325 e. The van der Waals surface area contributed by atoms with E-state index in [1.165, 1.54) is 0 Å². The molecule has 3 rings (SSSR count). The van der Waals surface area contributed by atoms with Gasteiger partial charge in [-0.25, -0.2) is 4.79 Å². The Kier molecular flexibility index (Phi) is 4.73. The van der Waals surface area contributed by atoms with Crippen molar-refractivity contribution in [2.75, 3.05) is 6.54 Å². The van der Waals surface area contributed by atoms with E-state index in [4.69, 9.17) is 0 Å². The first kappa shape index (κ1) is 18.4. The molecular formula is C19H26N4O3. The fourth-order valence-electron chi connectivity index (χ4n) is 4.55. The monoisotopic (exact) mass is 358 g/mol. The Morgan fingerprint density at radius 3 is 2.65 bits per heavy atom. The summed E-state index contributed by atoms with van der Waals surface area (Å²) in [5.74, 6) is -0.296. The Balaban J connectivity index is 1.65. The number of carbonyl (C=O) groups is 3. The zero-order valence-electron chi connectivity index (χ0n) is 15.5. The maximum atomic E-state index is 13.0. The predicted octanol–water partition coefficient (Wildman–Crippen LogP) is 1.83. The summed E-state index contributed by atoms with van der Waals surface area (Å²) in [5.41, 5.74) is 0.00833. The van der Waals surface area contributed by atoms with Gasteiger partial charge in [0.1, 0.15) is 12.1 Å². The normalized spacial score (nSPS) is 27.5. The summed E-state index contributed by atoms with van der Waals surface area (Å²) in [6.07, 6.45) is 5.54. The highest BCUT2D eigenvalue weighted by Gasteiger charge is 2.56. The second-order valence-corrected chi connectivity index (χ2v) is 8.39. The fourth-order valence-corrected chi connectivity index (χ4v) is 4.55. The lowest BCUT2D eigenvalue weighted by atomic mass is 9.64. The van der Waals surface area contributed by atoms with Crippen LogP contribution in [0.1, 0.15) is 45.6 Å². The summed E-state index contributed by atoms with van der Waals surface area (Å²) >= 11 is 0. The van der Waals surface area contributed by atoms with E-state index in [0.29, 0.717) is 25.3 Å². The number of urea groups is 1. The van der Waals surface area contributed by atoms with Gasteiger partial charge in [0.15, 0.2) is 0 Å². The summed E-state index contributed by atoms with van der Waals surface area (Å²) in [7, 11) is 0. The third-order valence-electron chi connectivity index (χ3n) is 5.16. The van der Waals surface area contributed by atoms with Gasteiger partial charge in [0.25, 0.3) is 5.91 Å².